The highest BCUT2D eigenvalue weighted by Gasteiger charge is 2.54. The molecule has 2 atom stereocenters. The molecule has 1 spiro atoms. The fourth-order valence-electron chi connectivity index (χ4n) is 15.0. The second-order valence-corrected chi connectivity index (χ2v) is 20.7. The monoisotopic (exact) mass is 863 g/mol. The van der Waals surface area contributed by atoms with E-state index < -0.39 is 5.41 Å². The maximum absolute atomic E-state index is 2.61. The largest absolute Gasteiger partial charge is 0.309 e. The van der Waals surface area contributed by atoms with Crippen LogP contribution in [0, 0.1) is 0 Å². The van der Waals surface area contributed by atoms with Crippen LogP contribution >= 0.6 is 0 Å². The van der Waals surface area contributed by atoms with Crippen LogP contribution < -0.4 is 0 Å². The van der Waals surface area contributed by atoms with E-state index in [-0.39, 0.29) is 16.7 Å². The van der Waals surface area contributed by atoms with Crippen LogP contribution in [0.4, 0.5) is 0 Å². The van der Waals surface area contributed by atoms with Gasteiger partial charge in [0.15, 0.2) is 0 Å². The van der Waals surface area contributed by atoms with Crippen molar-refractivity contribution >= 4 is 21.8 Å². The second-order valence-electron chi connectivity index (χ2n) is 20.7. The molecule has 318 valence electrons. The predicted octanol–water partition coefficient (Wildman–Crippen LogP) is 16.3. The third-order valence-corrected chi connectivity index (χ3v) is 17.5. The van der Waals surface area contributed by atoms with Gasteiger partial charge in [-0.25, -0.2) is 0 Å². The highest BCUT2D eigenvalue weighted by molar-refractivity contribution is 6.13. The minimum absolute atomic E-state index is 0.0201. The van der Waals surface area contributed by atoms with Crippen LogP contribution in [0.2, 0.25) is 0 Å². The highest BCUT2D eigenvalue weighted by Crippen LogP contribution is 2.66. The van der Waals surface area contributed by atoms with Gasteiger partial charge >= 0.3 is 0 Å². The molecule has 68 heavy (non-hydrogen) atoms. The Morgan fingerprint density at radius 2 is 0.882 bits per heavy atom. The SMILES string of the molecule is CC1(C)c2ccccc2-c2ccc(C3c4cccc5c4C(C)(c4ccccc4-5)c4cccc(-c5cccc6c5C5(c7ccccc7-c7ccccc75)c5cccc7c8ccccc8n-6c57)c43)cc21. The zero-order valence-electron chi connectivity index (χ0n) is 38.2. The van der Waals surface area contributed by atoms with Crippen molar-refractivity contribution in [2.24, 2.45) is 0 Å². The van der Waals surface area contributed by atoms with Gasteiger partial charge in [0.25, 0.3) is 0 Å². The molecule has 1 nitrogen and oxygen atoms in total. The molecule has 1 aliphatic heterocycles. The van der Waals surface area contributed by atoms with Crippen molar-refractivity contribution < 1.29 is 0 Å². The molecule has 0 radical (unpaired) electrons. The number of benzene rings is 10. The van der Waals surface area contributed by atoms with Crippen molar-refractivity contribution in [3.63, 3.8) is 0 Å². The normalized spacial score (nSPS) is 18.4. The van der Waals surface area contributed by atoms with Crippen LogP contribution in [0.25, 0.3) is 72.0 Å². The first-order valence-corrected chi connectivity index (χ1v) is 24.4. The van der Waals surface area contributed by atoms with Gasteiger partial charge in [0, 0.05) is 33.1 Å². The molecule has 0 bridgehead atoms. The van der Waals surface area contributed by atoms with Crippen LogP contribution in [0.15, 0.2) is 212 Å². The van der Waals surface area contributed by atoms with Crippen molar-refractivity contribution in [3.05, 3.63) is 279 Å². The molecule has 0 N–H and O–H groups in total. The number of nitrogens with zero attached hydrogens (tertiary/aromatic N) is 1. The van der Waals surface area contributed by atoms with Gasteiger partial charge in [0.2, 0.25) is 0 Å². The minimum Gasteiger partial charge on any atom is -0.309 e. The van der Waals surface area contributed by atoms with Crippen LogP contribution in [0.5, 0.6) is 0 Å². The van der Waals surface area contributed by atoms with Gasteiger partial charge < -0.3 is 4.57 Å². The summed E-state index contributed by atoms with van der Waals surface area (Å²) in [4.78, 5) is 0. The smallest absolute Gasteiger partial charge is 0.0760 e. The summed E-state index contributed by atoms with van der Waals surface area (Å²) >= 11 is 0. The van der Waals surface area contributed by atoms with E-state index in [1.807, 2.05) is 0 Å². The summed E-state index contributed by atoms with van der Waals surface area (Å²) in [5.41, 5.74) is 30.0. The van der Waals surface area contributed by atoms with Crippen molar-refractivity contribution in [3.8, 4) is 50.2 Å². The highest BCUT2D eigenvalue weighted by atomic mass is 15.0. The van der Waals surface area contributed by atoms with Gasteiger partial charge in [-0.1, -0.05) is 214 Å². The summed E-state index contributed by atoms with van der Waals surface area (Å²) in [7, 11) is 0. The lowest BCUT2D eigenvalue weighted by Crippen LogP contribution is -2.35. The van der Waals surface area contributed by atoms with Crippen molar-refractivity contribution in [1.29, 1.82) is 0 Å². The van der Waals surface area contributed by atoms with Gasteiger partial charge in [-0.2, -0.15) is 0 Å². The molecule has 10 aromatic carbocycles. The maximum atomic E-state index is 2.61. The van der Waals surface area contributed by atoms with Gasteiger partial charge in [0.05, 0.1) is 22.1 Å². The first kappa shape index (κ1) is 37.1. The average molecular weight is 864 g/mol. The Bertz CT molecular complexity index is 4050. The molecule has 1 aromatic heterocycles. The predicted molar refractivity (Wildman–Crippen MR) is 279 cm³/mol. The van der Waals surface area contributed by atoms with E-state index >= 15 is 0 Å². The van der Waals surface area contributed by atoms with E-state index in [2.05, 4.69) is 238 Å². The van der Waals surface area contributed by atoms with E-state index in [9.17, 15) is 0 Å². The van der Waals surface area contributed by atoms with Gasteiger partial charge in [0.1, 0.15) is 0 Å². The summed E-state index contributed by atoms with van der Waals surface area (Å²) in [5, 5.41) is 2.59. The van der Waals surface area contributed by atoms with Crippen LogP contribution in [0.1, 0.15) is 93.5 Å². The van der Waals surface area contributed by atoms with Gasteiger partial charge in [-0.15, -0.1) is 0 Å². The average Bonchev–Trinajstić information content (AvgIpc) is 4.05. The molecule has 0 saturated carbocycles. The van der Waals surface area contributed by atoms with E-state index in [1.54, 1.807) is 0 Å². The Morgan fingerprint density at radius 3 is 1.65 bits per heavy atom. The van der Waals surface area contributed by atoms with Gasteiger partial charge in [-0.05, 0) is 125 Å². The molecule has 2 unspecified atom stereocenters. The Balaban J connectivity index is 1.07. The maximum Gasteiger partial charge on any atom is 0.0760 e. The Hall–Kier alpha value is -8.00. The third-order valence-electron chi connectivity index (χ3n) is 17.5. The van der Waals surface area contributed by atoms with Crippen LogP contribution in [0.3, 0.4) is 0 Å². The molecule has 5 aliphatic rings. The number of rotatable bonds is 2. The first-order chi connectivity index (χ1) is 33.4. The molecule has 0 saturated heterocycles. The molecule has 11 aromatic rings. The molecular weight excluding hydrogens is 819 g/mol. The van der Waals surface area contributed by atoms with Crippen LogP contribution in [-0.2, 0) is 16.2 Å². The first-order valence-electron chi connectivity index (χ1n) is 24.4. The van der Waals surface area contributed by atoms with E-state index in [4.69, 9.17) is 0 Å². The lowest BCUT2D eigenvalue weighted by atomic mass is 9.59. The zero-order valence-corrected chi connectivity index (χ0v) is 38.2. The fraction of sp³-hybridized carbons (Fsp3) is 0.104. The minimum atomic E-state index is -0.589. The van der Waals surface area contributed by atoms with E-state index in [0.29, 0.717) is 0 Å². The molecule has 4 aliphatic carbocycles. The van der Waals surface area contributed by atoms with Gasteiger partial charge in [-0.3, -0.25) is 0 Å². The lowest BCUT2D eigenvalue weighted by molar-refractivity contribution is 0.650. The van der Waals surface area contributed by atoms with E-state index in [1.165, 1.54) is 139 Å². The molecule has 0 amide bonds. The number of hydrogen-bond acceptors (Lipinski definition) is 0. The number of hydrogen-bond donors (Lipinski definition) is 0. The fourth-order valence-corrected chi connectivity index (χ4v) is 15.0. The summed E-state index contributed by atoms with van der Waals surface area (Å²) in [6.07, 6.45) is 0. The Morgan fingerprint density at radius 1 is 0.368 bits per heavy atom. The molecule has 0 fully saturated rings. The zero-order chi connectivity index (χ0) is 44.8. The Kier molecular flexibility index (Phi) is 6.83. The van der Waals surface area contributed by atoms with Crippen molar-refractivity contribution in [1.82, 2.24) is 4.57 Å². The second kappa shape index (κ2) is 12.5. The third kappa shape index (κ3) is 4.11. The van der Waals surface area contributed by atoms with E-state index in [0.717, 1.165) is 0 Å². The summed E-state index contributed by atoms with van der Waals surface area (Å²) in [6, 6.07) is 82.2. The number of aromatic nitrogens is 1. The quantitative estimate of drug-likeness (QED) is 0.163. The summed E-state index contributed by atoms with van der Waals surface area (Å²) in [6.45, 7) is 7.36. The van der Waals surface area contributed by atoms with Crippen LogP contribution in [-0.4, -0.2) is 4.57 Å². The number of para-hydroxylation sites is 2. The Labute approximate surface area is 396 Å². The topological polar surface area (TPSA) is 4.93 Å². The summed E-state index contributed by atoms with van der Waals surface area (Å²) < 4.78 is 2.61. The molecule has 16 rings (SSSR count). The van der Waals surface area contributed by atoms with Crippen molar-refractivity contribution in [2.45, 2.75) is 42.9 Å². The molecule has 2 heterocycles. The lowest BCUT2D eigenvalue weighted by Gasteiger charge is -2.43. The molecule has 1 heteroatoms. The van der Waals surface area contributed by atoms with Crippen molar-refractivity contribution in [2.75, 3.05) is 0 Å². The standard InChI is InChI=1S/C67H45N/c1-65(2)51-28-9-4-18-40(51)44-37-36-39(38-57(44)65)60-50-27-14-24-47-43-21-5-10-29-52(43)66(3,62(47)50)55-32-15-23-46(61(55)60)48-25-17-35-59-63(48)67(53-30-11-6-19-41(53)42-20-7-12-31-54(42)67)56-33-16-26-49-45-22-8-13-34-58(45)68(59)64(49)56/h4-38,60H,1-3H3. The molecular formula is C67H45N. The number of fused-ring (bicyclic) bond motifs is 20. The summed E-state index contributed by atoms with van der Waals surface area (Å²) in [5.74, 6) is -0.0201.